The molecule has 0 aliphatic carbocycles. The molecule has 0 aliphatic rings. The lowest BCUT2D eigenvalue weighted by Gasteiger charge is -2.21. The van der Waals surface area contributed by atoms with Gasteiger partial charge in [0.1, 0.15) is 0 Å². The van der Waals surface area contributed by atoms with Gasteiger partial charge in [0.2, 0.25) is 0 Å². The molecule has 0 bridgehead atoms. The van der Waals surface area contributed by atoms with Gasteiger partial charge < -0.3 is 10.1 Å². The van der Waals surface area contributed by atoms with Gasteiger partial charge in [-0.2, -0.15) is 0 Å². The van der Waals surface area contributed by atoms with Crippen LogP contribution in [-0.4, -0.2) is 23.7 Å². The van der Waals surface area contributed by atoms with E-state index in [1.807, 2.05) is 24.5 Å². The van der Waals surface area contributed by atoms with Crippen molar-refractivity contribution in [2.24, 2.45) is 0 Å². The van der Waals surface area contributed by atoms with E-state index in [4.69, 9.17) is 4.74 Å². The van der Waals surface area contributed by atoms with E-state index in [-0.39, 0.29) is 5.60 Å². The number of aromatic nitrogens is 1. The van der Waals surface area contributed by atoms with Crippen molar-refractivity contribution < 1.29 is 4.74 Å². The third-order valence-corrected chi connectivity index (χ3v) is 2.29. The minimum atomic E-state index is -0.0540. The second-order valence-electron chi connectivity index (χ2n) is 4.92. The van der Waals surface area contributed by atoms with Crippen LogP contribution in [0.5, 0.6) is 0 Å². The molecule has 3 heteroatoms. The summed E-state index contributed by atoms with van der Waals surface area (Å²) in [5.74, 6) is 0. The van der Waals surface area contributed by atoms with Crippen molar-refractivity contribution in [1.82, 2.24) is 10.3 Å². The van der Waals surface area contributed by atoms with E-state index in [1.54, 1.807) is 0 Å². The van der Waals surface area contributed by atoms with Gasteiger partial charge in [-0.15, -0.1) is 0 Å². The highest BCUT2D eigenvalue weighted by molar-refractivity contribution is 5.13. The summed E-state index contributed by atoms with van der Waals surface area (Å²) in [4.78, 5) is 4.00. The van der Waals surface area contributed by atoms with Crippen molar-refractivity contribution in [3.05, 3.63) is 30.1 Å². The van der Waals surface area contributed by atoms with E-state index < -0.39 is 0 Å². The maximum Gasteiger partial charge on any atom is 0.0599 e. The van der Waals surface area contributed by atoms with Crippen LogP contribution in [0.3, 0.4) is 0 Å². The molecule has 0 saturated carbocycles. The van der Waals surface area contributed by atoms with Crippen molar-refractivity contribution in [2.75, 3.05) is 13.2 Å². The topological polar surface area (TPSA) is 34.1 Å². The van der Waals surface area contributed by atoms with E-state index in [0.717, 1.165) is 13.2 Å². The fourth-order valence-corrected chi connectivity index (χ4v) is 1.40. The Bertz CT molecular complexity index is 293. The molecule has 1 aromatic rings. The summed E-state index contributed by atoms with van der Waals surface area (Å²) in [6.45, 7) is 9.95. The number of nitrogens with zero attached hydrogens (tertiary/aromatic N) is 1. The van der Waals surface area contributed by atoms with Crippen molar-refractivity contribution in [3.8, 4) is 0 Å². The van der Waals surface area contributed by atoms with Crippen LogP contribution in [0.15, 0.2) is 24.5 Å². The standard InChI is InChI=1S/C13H22N2O/c1-11(12-5-7-14-8-6-12)15-9-10-16-13(2,3)4/h5-8,11,15H,9-10H2,1-4H3/t11-/m0/s1. The fourth-order valence-electron chi connectivity index (χ4n) is 1.40. The molecule has 0 fully saturated rings. The monoisotopic (exact) mass is 222 g/mol. The van der Waals surface area contributed by atoms with Crippen molar-refractivity contribution in [1.29, 1.82) is 0 Å². The summed E-state index contributed by atoms with van der Waals surface area (Å²) >= 11 is 0. The normalized spacial score (nSPS) is 13.8. The first-order chi connectivity index (χ1) is 7.49. The van der Waals surface area contributed by atoms with E-state index in [1.165, 1.54) is 5.56 Å². The zero-order chi connectivity index (χ0) is 12.0. The van der Waals surface area contributed by atoms with Gasteiger partial charge in [0.15, 0.2) is 0 Å². The predicted octanol–water partition coefficient (Wildman–Crippen LogP) is 2.55. The lowest BCUT2D eigenvalue weighted by Crippen LogP contribution is -2.28. The zero-order valence-corrected chi connectivity index (χ0v) is 10.7. The molecule has 0 radical (unpaired) electrons. The first-order valence-corrected chi connectivity index (χ1v) is 5.76. The summed E-state index contributed by atoms with van der Waals surface area (Å²) in [5, 5.41) is 3.42. The average Bonchev–Trinajstić information content (AvgIpc) is 2.24. The molecule has 16 heavy (non-hydrogen) atoms. The lowest BCUT2D eigenvalue weighted by molar-refractivity contribution is -0.00149. The molecule has 0 spiro atoms. The molecule has 0 unspecified atom stereocenters. The van der Waals surface area contributed by atoms with Gasteiger partial charge in [0.05, 0.1) is 12.2 Å². The minimum absolute atomic E-state index is 0.0540. The van der Waals surface area contributed by atoms with Gasteiger partial charge in [-0.1, -0.05) is 0 Å². The van der Waals surface area contributed by atoms with Crippen LogP contribution in [0.2, 0.25) is 0 Å². The highest BCUT2D eigenvalue weighted by Gasteiger charge is 2.09. The minimum Gasteiger partial charge on any atom is -0.375 e. The summed E-state index contributed by atoms with van der Waals surface area (Å²) in [5.41, 5.74) is 1.20. The molecule has 0 saturated heterocycles. The van der Waals surface area contributed by atoms with Crippen LogP contribution < -0.4 is 5.32 Å². The highest BCUT2D eigenvalue weighted by Crippen LogP contribution is 2.10. The maximum atomic E-state index is 5.64. The molecular weight excluding hydrogens is 200 g/mol. The molecule has 1 atom stereocenters. The summed E-state index contributed by atoms with van der Waals surface area (Å²) in [7, 11) is 0. The lowest BCUT2D eigenvalue weighted by atomic mass is 10.1. The first-order valence-electron chi connectivity index (χ1n) is 5.76. The van der Waals surface area contributed by atoms with E-state index in [9.17, 15) is 0 Å². The Labute approximate surface area is 98.2 Å². The van der Waals surface area contributed by atoms with Crippen LogP contribution in [-0.2, 0) is 4.74 Å². The molecular formula is C13H22N2O. The molecule has 1 rings (SSSR count). The molecule has 0 amide bonds. The third kappa shape index (κ3) is 5.24. The number of pyridine rings is 1. The highest BCUT2D eigenvalue weighted by atomic mass is 16.5. The van der Waals surface area contributed by atoms with Crippen molar-refractivity contribution >= 4 is 0 Å². The van der Waals surface area contributed by atoms with Crippen LogP contribution in [0.4, 0.5) is 0 Å². The number of nitrogens with one attached hydrogen (secondary N) is 1. The maximum absolute atomic E-state index is 5.64. The Morgan fingerprint density at radius 3 is 2.50 bits per heavy atom. The molecule has 90 valence electrons. The second kappa shape index (κ2) is 5.97. The first kappa shape index (κ1) is 13.1. The van der Waals surface area contributed by atoms with Gasteiger partial charge >= 0.3 is 0 Å². The summed E-state index contributed by atoms with van der Waals surface area (Å²) in [6, 6.07) is 4.40. The zero-order valence-electron chi connectivity index (χ0n) is 10.7. The van der Waals surface area contributed by atoms with Gasteiger partial charge in [0, 0.05) is 25.0 Å². The Hall–Kier alpha value is -0.930. The molecule has 1 heterocycles. The molecule has 1 aromatic heterocycles. The number of ether oxygens (including phenoxy) is 1. The Kier molecular flexibility index (Phi) is 4.90. The third-order valence-electron chi connectivity index (χ3n) is 2.29. The van der Waals surface area contributed by atoms with Gasteiger partial charge in [-0.25, -0.2) is 0 Å². The number of hydrogen-bond acceptors (Lipinski definition) is 3. The fraction of sp³-hybridized carbons (Fsp3) is 0.615. The van der Waals surface area contributed by atoms with E-state index >= 15 is 0 Å². The van der Waals surface area contributed by atoms with Crippen LogP contribution in [0, 0.1) is 0 Å². The molecule has 0 aromatic carbocycles. The van der Waals surface area contributed by atoms with E-state index in [0.29, 0.717) is 6.04 Å². The van der Waals surface area contributed by atoms with Crippen molar-refractivity contribution in [2.45, 2.75) is 39.3 Å². The van der Waals surface area contributed by atoms with Gasteiger partial charge in [0.25, 0.3) is 0 Å². The van der Waals surface area contributed by atoms with Gasteiger partial charge in [-0.05, 0) is 45.4 Å². The Morgan fingerprint density at radius 1 is 1.31 bits per heavy atom. The van der Waals surface area contributed by atoms with E-state index in [2.05, 4.69) is 38.0 Å². The Balaban J connectivity index is 2.24. The SMILES string of the molecule is C[C@H](NCCOC(C)(C)C)c1ccncc1. The van der Waals surface area contributed by atoms with Crippen LogP contribution in [0.1, 0.15) is 39.3 Å². The molecule has 0 aliphatic heterocycles. The number of hydrogen-bond donors (Lipinski definition) is 1. The predicted molar refractivity (Wildman–Crippen MR) is 66.4 cm³/mol. The summed E-state index contributed by atoms with van der Waals surface area (Å²) in [6.07, 6.45) is 3.64. The van der Waals surface area contributed by atoms with Crippen molar-refractivity contribution in [3.63, 3.8) is 0 Å². The van der Waals surface area contributed by atoms with Crippen LogP contribution >= 0.6 is 0 Å². The Morgan fingerprint density at radius 2 is 1.94 bits per heavy atom. The average molecular weight is 222 g/mol. The smallest absolute Gasteiger partial charge is 0.0599 e. The largest absolute Gasteiger partial charge is 0.375 e. The molecule has 1 N–H and O–H groups in total. The quantitative estimate of drug-likeness (QED) is 0.777. The summed E-state index contributed by atoms with van der Waals surface area (Å²) < 4.78 is 5.64. The second-order valence-corrected chi connectivity index (χ2v) is 4.92. The van der Waals surface area contributed by atoms with Crippen LogP contribution in [0.25, 0.3) is 0 Å². The molecule has 3 nitrogen and oxygen atoms in total. The van der Waals surface area contributed by atoms with Gasteiger partial charge in [-0.3, -0.25) is 4.98 Å². The number of rotatable bonds is 5.